The number of aliphatic imine (C=N–C) groups is 1. The van der Waals surface area contributed by atoms with Gasteiger partial charge in [0.15, 0.2) is 5.82 Å². The zero-order chi connectivity index (χ0) is 33.4. The summed E-state index contributed by atoms with van der Waals surface area (Å²) >= 11 is 5.70. The van der Waals surface area contributed by atoms with Crippen LogP contribution in [0.5, 0.6) is 0 Å². The largest absolute Gasteiger partial charge is 0.417 e. The molecule has 0 saturated carbocycles. The molecule has 3 heterocycles. The number of allylic oxidation sites excluding steroid dienone is 2. The number of nitrogens with one attached hydrogen (secondary N) is 4. The van der Waals surface area contributed by atoms with Gasteiger partial charge < -0.3 is 26.0 Å². The number of rotatable bonds is 9. The van der Waals surface area contributed by atoms with Crippen LogP contribution in [0.25, 0.3) is 5.82 Å². The second kappa shape index (κ2) is 15.5. The van der Waals surface area contributed by atoms with Crippen LogP contribution >= 0.6 is 11.6 Å². The molecule has 0 aliphatic carbocycles. The van der Waals surface area contributed by atoms with Crippen LogP contribution in [0.1, 0.15) is 36.1 Å². The second-order valence-electron chi connectivity index (χ2n) is 11.3. The SMILES string of the molecule is Cc1cc(Nc2cc(NC(=O)Nc3ccc(Cl)c(C(F)(F)F)c3)ccc2C)n(C2=C/C(NCCN3CCOCC3)=C/CCC\C=N\2)n1. The van der Waals surface area contributed by atoms with Crippen LogP contribution in [0.2, 0.25) is 5.02 Å². The number of aromatic nitrogens is 2. The molecular weight excluding hydrogens is 633 g/mol. The normalized spacial score (nSPS) is 18.9. The summed E-state index contributed by atoms with van der Waals surface area (Å²) in [6, 6.07) is 9.66. The summed E-state index contributed by atoms with van der Waals surface area (Å²) in [6.07, 6.45) is 4.18. The lowest BCUT2D eigenvalue weighted by atomic mass is 10.1. The minimum Gasteiger partial charge on any atom is -0.384 e. The molecule has 14 heteroatoms. The van der Waals surface area contributed by atoms with Crippen LogP contribution in [-0.2, 0) is 10.9 Å². The van der Waals surface area contributed by atoms with Crippen LogP contribution in [0, 0.1) is 13.8 Å². The first kappa shape index (κ1) is 34.0. The van der Waals surface area contributed by atoms with Gasteiger partial charge in [0.1, 0.15) is 5.82 Å². The number of nitrogens with zero attached hydrogens (tertiary/aromatic N) is 4. The monoisotopic (exact) mass is 670 g/mol. The molecule has 5 rings (SSSR count). The fourth-order valence-electron chi connectivity index (χ4n) is 5.13. The van der Waals surface area contributed by atoms with E-state index in [4.69, 9.17) is 26.4 Å². The van der Waals surface area contributed by atoms with Crippen molar-refractivity contribution in [2.24, 2.45) is 4.99 Å². The maximum atomic E-state index is 13.3. The summed E-state index contributed by atoms with van der Waals surface area (Å²) < 4.78 is 47.0. The Morgan fingerprint density at radius 3 is 2.53 bits per heavy atom. The van der Waals surface area contributed by atoms with Gasteiger partial charge in [-0.25, -0.2) is 9.79 Å². The number of benzene rings is 2. The lowest BCUT2D eigenvalue weighted by Crippen LogP contribution is -2.40. The fraction of sp³-hybridized carbons (Fsp3) is 0.364. The molecule has 10 nitrogen and oxygen atoms in total. The van der Waals surface area contributed by atoms with E-state index in [9.17, 15) is 18.0 Å². The van der Waals surface area contributed by atoms with Gasteiger partial charge in [0.25, 0.3) is 0 Å². The van der Waals surface area contributed by atoms with Crippen LogP contribution in [0.3, 0.4) is 0 Å². The average molecular weight is 671 g/mol. The number of urea groups is 1. The molecule has 1 saturated heterocycles. The Morgan fingerprint density at radius 1 is 1.02 bits per heavy atom. The standard InChI is InChI=1S/C33H38ClF3N8O2/c1-22-7-8-26(41-32(46)40-25-9-10-28(34)27(19-25)33(35,36)37)20-29(22)42-31-18-23(2)43-45(31)30-21-24(6-4-3-5-11-39-30)38-12-13-44-14-16-47-17-15-44/h6-11,18-21,38,42H,3-5,12-17H2,1-2H3,(H2,40,41,46)/b24-6-,30-21+,39-11+. The van der Waals surface area contributed by atoms with Crippen molar-refractivity contribution in [3.63, 3.8) is 0 Å². The summed E-state index contributed by atoms with van der Waals surface area (Å²) in [5, 5.41) is 16.4. The molecule has 2 aliphatic rings. The van der Waals surface area contributed by atoms with Crippen LogP contribution in [0.15, 0.2) is 65.3 Å². The maximum Gasteiger partial charge on any atom is 0.417 e. The fourth-order valence-corrected chi connectivity index (χ4v) is 5.36. The van der Waals surface area contributed by atoms with E-state index >= 15 is 0 Å². The van der Waals surface area contributed by atoms with Crippen LogP contribution in [0.4, 0.5) is 40.8 Å². The topological polar surface area (TPSA) is 108 Å². The first-order valence-electron chi connectivity index (χ1n) is 15.4. The van der Waals surface area contributed by atoms with Gasteiger partial charge in [-0.15, -0.1) is 0 Å². The molecule has 1 aromatic heterocycles. The molecule has 0 bridgehead atoms. The number of hydrogen-bond acceptors (Lipinski definition) is 7. The van der Waals surface area contributed by atoms with Gasteiger partial charge >= 0.3 is 12.2 Å². The van der Waals surface area contributed by atoms with Crippen molar-refractivity contribution in [1.82, 2.24) is 20.0 Å². The zero-order valence-corrected chi connectivity index (χ0v) is 27.0. The first-order chi connectivity index (χ1) is 22.5. The Kier molecular flexibility index (Phi) is 11.2. The van der Waals surface area contributed by atoms with Gasteiger partial charge in [-0.05, 0) is 69.0 Å². The molecule has 3 aromatic rings. The van der Waals surface area contributed by atoms with Crippen molar-refractivity contribution in [2.75, 3.05) is 55.3 Å². The van der Waals surface area contributed by atoms with Crippen LogP contribution in [-0.4, -0.2) is 66.3 Å². The second-order valence-corrected chi connectivity index (χ2v) is 11.7. The number of ether oxygens (including phenoxy) is 1. The minimum absolute atomic E-state index is 0.0445. The van der Waals surface area contributed by atoms with E-state index < -0.39 is 22.8 Å². The molecule has 1 fully saturated rings. The third-order valence-electron chi connectivity index (χ3n) is 7.61. The predicted octanol–water partition coefficient (Wildman–Crippen LogP) is 7.42. The van der Waals surface area contributed by atoms with Crippen molar-refractivity contribution >= 4 is 52.5 Å². The maximum absolute atomic E-state index is 13.3. The highest BCUT2D eigenvalue weighted by Crippen LogP contribution is 2.36. The van der Waals surface area contributed by atoms with Gasteiger partial charge in [0.2, 0.25) is 0 Å². The van der Waals surface area contributed by atoms with E-state index in [0.717, 1.165) is 87.7 Å². The smallest absolute Gasteiger partial charge is 0.384 e. The number of hydrogen-bond donors (Lipinski definition) is 4. The zero-order valence-electron chi connectivity index (χ0n) is 26.3. The Bertz CT molecular complexity index is 1660. The number of halogens is 4. The van der Waals surface area contributed by atoms with Gasteiger partial charge in [0, 0.05) is 67.3 Å². The molecule has 0 atom stereocenters. The molecular formula is C33H38ClF3N8O2. The molecule has 47 heavy (non-hydrogen) atoms. The number of aryl methyl sites for hydroxylation is 2. The van der Waals surface area contributed by atoms with E-state index in [0.29, 0.717) is 23.0 Å². The number of carbonyl (C=O) groups is 1. The Hall–Kier alpha value is -4.33. The van der Waals surface area contributed by atoms with Crippen molar-refractivity contribution in [2.45, 2.75) is 39.3 Å². The van der Waals surface area contributed by atoms with Gasteiger partial charge in [-0.1, -0.05) is 23.7 Å². The van der Waals surface area contributed by atoms with Crippen LogP contribution < -0.4 is 21.3 Å². The first-order valence-corrected chi connectivity index (χ1v) is 15.8. The Morgan fingerprint density at radius 2 is 1.77 bits per heavy atom. The third-order valence-corrected chi connectivity index (χ3v) is 7.94. The van der Waals surface area contributed by atoms with Gasteiger partial charge in [-0.3, -0.25) is 4.90 Å². The van der Waals surface area contributed by atoms with Gasteiger partial charge in [0.05, 0.1) is 29.5 Å². The number of carbonyl (C=O) groups excluding carboxylic acids is 1. The lowest BCUT2D eigenvalue weighted by molar-refractivity contribution is -0.137. The van der Waals surface area contributed by atoms with E-state index in [1.807, 2.05) is 38.3 Å². The minimum atomic E-state index is -4.65. The number of amides is 2. The van der Waals surface area contributed by atoms with E-state index in [2.05, 4.69) is 32.2 Å². The van der Waals surface area contributed by atoms with Crippen molar-refractivity contribution in [1.29, 1.82) is 0 Å². The van der Waals surface area contributed by atoms with Crippen molar-refractivity contribution in [3.8, 4) is 0 Å². The quantitative estimate of drug-likeness (QED) is 0.189. The highest BCUT2D eigenvalue weighted by atomic mass is 35.5. The highest BCUT2D eigenvalue weighted by Gasteiger charge is 2.33. The molecule has 0 unspecified atom stereocenters. The lowest BCUT2D eigenvalue weighted by Gasteiger charge is -2.26. The summed E-state index contributed by atoms with van der Waals surface area (Å²) in [5.74, 6) is 1.31. The number of morpholine rings is 1. The van der Waals surface area contributed by atoms with Gasteiger partial charge in [-0.2, -0.15) is 23.0 Å². The summed E-state index contributed by atoms with van der Waals surface area (Å²) in [7, 11) is 0. The Balaban J connectivity index is 1.31. The third kappa shape index (κ3) is 9.60. The molecule has 0 radical (unpaired) electrons. The molecule has 0 spiro atoms. The molecule has 4 N–H and O–H groups in total. The predicted molar refractivity (Wildman–Crippen MR) is 180 cm³/mol. The summed E-state index contributed by atoms with van der Waals surface area (Å²) in [4.78, 5) is 19.9. The van der Waals surface area contributed by atoms with E-state index in [1.54, 1.807) is 16.8 Å². The Labute approximate surface area is 276 Å². The molecule has 2 aliphatic heterocycles. The van der Waals surface area contributed by atoms with Crippen molar-refractivity contribution in [3.05, 3.63) is 82.2 Å². The molecule has 2 amide bonds. The summed E-state index contributed by atoms with van der Waals surface area (Å²) in [6.45, 7) is 8.90. The molecule has 250 valence electrons. The van der Waals surface area contributed by atoms with E-state index in [-0.39, 0.29) is 5.69 Å². The highest BCUT2D eigenvalue weighted by molar-refractivity contribution is 6.31. The number of anilines is 4. The van der Waals surface area contributed by atoms with E-state index in [1.165, 1.54) is 6.07 Å². The molecule has 2 aromatic carbocycles. The summed E-state index contributed by atoms with van der Waals surface area (Å²) in [5.41, 5.74) is 2.70. The average Bonchev–Trinajstić information content (AvgIpc) is 3.44. The van der Waals surface area contributed by atoms with Crippen molar-refractivity contribution < 1.29 is 22.7 Å². The number of alkyl halides is 3.